The minimum absolute atomic E-state index is 0.0444. The third kappa shape index (κ3) is 6.30. The van der Waals surface area contributed by atoms with Gasteiger partial charge in [-0.3, -0.25) is 9.52 Å². The number of nitrogens with one attached hydrogen (secondary N) is 3. The molecule has 4 N–H and O–H groups in total. The molecule has 0 spiro atoms. The normalized spacial score (nSPS) is 12.1. The van der Waals surface area contributed by atoms with Crippen molar-refractivity contribution in [3.8, 4) is 11.5 Å². The molecule has 0 aliphatic rings. The summed E-state index contributed by atoms with van der Waals surface area (Å²) in [6.07, 6.45) is 1.60. The van der Waals surface area contributed by atoms with Gasteiger partial charge >= 0.3 is 0 Å². The topological polar surface area (TPSA) is 143 Å². The Bertz CT molecular complexity index is 1580. The highest BCUT2D eigenvalue weighted by Gasteiger charge is 2.21. The van der Waals surface area contributed by atoms with Gasteiger partial charge < -0.3 is 20.5 Å². The number of sulfonamides is 1. The molecule has 1 unspecified atom stereocenters. The number of hydrogen-bond acceptors (Lipinski definition) is 8. The quantitative estimate of drug-likeness (QED) is 0.215. The smallest absolute Gasteiger partial charge is 0.263 e. The number of nitrogens with zero attached hydrogens (tertiary/aromatic N) is 2. The van der Waals surface area contributed by atoms with E-state index in [0.29, 0.717) is 28.2 Å². The highest BCUT2D eigenvalue weighted by atomic mass is 32.2. The van der Waals surface area contributed by atoms with Crippen molar-refractivity contribution in [3.05, 3.63) is 66.7 Å². The van der Waals surface area contributed by atoms with Gasteiger partial charge in [0.05, 0.1) is 23.0 Å². The molecule has 1 amide bonds. The lowest BCUT2D eigenvalue weighted by Gasteiger charge is -2.15. The van der Waals surface area contributed by atoms with Crippen LogP contribution in [0.2, 0.25) is 0 Å². The number of ether oxygens (including phenoxy) is 1. The van der Waals surface area contributed by atoms with Crippen LogP contribution in [0.3, 0.4) is 0 Å². The predicted molar refractivity (Wildman–Crippen MR) is 147 cm³/mol. The zero-order valence-corrected chi connectivity index (χ0v) is 22.0. The Morgan fingerprint density at radius 3 is 2.37 bits per heavy atom. The van der Waals surface area contributed by atoms with E-state index < -0.39 is 10.0 Å². The molecule has 38 heavy (non-hydrogen) atoms. The van der Waals surface area contributed by atoms with Crippen LogP contribution < -0.4 is 20.1 Å². The van der Waals surface area contributed by atoms with Crippen molar-refractivity contribution in [1.29, 1.82) is 0 Å². The summed E-state index contributed by atoms with van der Waals surface area (Å²) in [4.78, 5) is 21.4. The van der Waals surface area contributed by atoms with E-state index in [1.165, 1.54) is 31.4 Å². The second-order valence-corrected chi connectivity index (χ2v) is 10.4. The van der Waals surface area contributed by atoms with E-state index in [1.54, 1.807) is 42.5 Å². The Kier molecular flexibility index (Phi) is 7.96. The molecule has 0 saturated carbocycles. The number of rotatable bonds is 10. The van der Waals surface area contributed by atoms with Crippen molar-refractivity contribution < 1.29 is 23.1 Å². The summed E-state index contributed by atoms with van der Waals surface area (Å²) in [6, 6.07) is 17.6. The van der Waals surface area contributed by atoms with Crippen LogP contribution in [0.15, 0.2) is 71.6 Å². The van der Waals surface area contributed by atoms with Gasteiger partial charge in [0.2, 0.25) is 5.91 Å². The first kappa shape index (κ1) is 26.7. The molecule has 11 heteroatoms. The molecule has 0 radical (unpaired) electrons. The molecule has 0 aliphatic carbocycles. The van der Waals surface area contributed by atoms with Crippen LogP contribution in [-0.2, 0) is 14.8 Å². The fourth-order valence-electron chi connectivity index (χ4n) is 3.83. The average Bonchev–Trinajstić information content (AvgIpc) is 2.88. The summed E-state index contributed by atoms with van der Waals surface area (Å²) in [5.74, 6) is 0.0545. The Balaban J connectivity index is 1.68. The summed E-state index contributed by atoms with van der Waals surface area (Å²) < 4.78 is 34.5. The molecule has 0 fully saturated rings. The lowest BCUT2D eigenvalue weighted by molar-refractivity contribution is -0.119. The van der Waals surface area contributed by atoms with Crippen LogP contribution in [0.25, 0.3) is 11.0 Å². The van der Waals surface area contributed by atoms with Gasteiger partial charge in [-0.15, -0.1) is 0 Å². The SMILES string of the molecule is CCCC(C)C(=O)Nc1cccc(S(=O)(=O)Nc2nc3ccccc3nc2Nc2cc(O)cc(OC)c2)c1. The number of anilines is 4. The minimum Gasteiger partial charge on any atom is -0.508 e. The zero-order chi connectivity index (χ0) is 27.3. The molecule has 3 aromatic carbocycles. The Morgan fingerprint density at radius 2 is 1.68 bits per heavy atom. The Hall–Kier alpha value is -4.38. The zero-order valence-electron chi connectivity index (χ0n) is 21.2. The van der Waals surface area contributed by atoms with Gasteiger partial charge in [0.15, 0.2) is 11.6 Å². The van der Waals surface area contributed by atoms with Crippen molar-refractivity contribution in [3.63, 3.8) is 0 Å². The van der Waals surface area contributed by atoms with Gasteiger partial charge in [-0.2, -0.15) is 0 Å². The van der Waals surface area contributed by atoms with E-state index in [2.05, 4.69) is 25.3 Å². The largest absolute Gasteiger partial charge is 0.508 e. The molecular formula is C27H29N5O5S. The number of hydrogen-bond donors (Lipinski definition) is 4. The second kappa shape index (κ2) is 11.3. The van der Waals surface area contributed by atoms with Crippen LogP contribution in [0.5, 0.6) is 11.5 Å². The van der Waals surface area contributed by atoms with Crippen molar-refractivity contribution in [1.82, 2.24) is 9.97 Å². The van der Waals surface area contributed by atoms with Crippen LogP contribution in [0, 0.1) is 5.92 Å². The number of aromatic nitrogens is 2. The van der Waals surface area contributed by atoms with E-state index in [1.807, 2.05) is 13.8 Å². The number of fused-ring (bicyclic) bond motifs is 1. The Labute approximate surface area is 221 Å². The van der Waals surface area contributed by atoms with Crippen molar-refractivity contribution >= 4 is 50.0 Å². The minimum atomic E-state index is -4.12. The number of carbonyl (C=O) groups is 1. The first-order chi connectivity index (χ1) is 18.2. The molecule has 4 rings (SSSR count). The number of phenols is 1. The monoisotopic (exact) mass is 535 g/mol. The number of methoxy groups -OCH3 is 1. The number of amides is 1. The Morgan fingerprint density at radius 1 is 0.974 bits per heavy atom. The van der Waals surface area contributed by atoms with Crippen LogP contribution in [0.4, 0.5) is 23.0 Å². The van der Waals surface area contributed by atoms with E-state index in [9.17, 15) is 18.3 Å². The summed E-state index contributed by atoms with van der Waals surface area (Å²) in [5, 5.41) is 15.8. The number of aromatic hydroxyl groups is 1. The second-order valence-electron chi connectivity index (χ2n) is 8.77. The molecule has 0 bridgehead atoms. The van der Waals surface area contributed by atoms with Gasteiger partial charge in [-0.05, 0) is 36.8 Å². The van der Waals surface area contributed by atoms with Crippen molar-refractivity contribution in [2.45, 2.75) is 31.6 Å². The number of para-hydroxylation sites is 2. The molecular weight excluding hydrogens is 506 g/mol. The number of benzene rings is 3. The van der Waals surface area contributed by atoms with Gasteiger partial charge in [0.25, 0.3) is 10.0 Å². The molecule has 4 aromatic rings. The summed E-state index contributed by atoms with van der Waals surface area (Å²) >= 11 is 0. The standard InChI is InChI=1S/C27H29N5O5S/c1-4-8-17(2)27(34)29-18-9-7-10-22(15-18)38(35,36)32-26-25(30-23-11-5-6-12-24(23)31-26)28-19-13-20(33)16-21(14-19)37-3/h5-7,9-17,33H,4,8H2,1-3H3,(H,28,30)(H,29,34)(H,31,32). The van der Waals surface area contributed by atoms with Crippen molar-refractivity contribution in [2.75, 3.05) is 22.5 Å². The molecule has 1 atom stereocenters. The third-order valence-electron chi connectivity index (χ3n) is 5.77. The fourth-order valence-corrected chi connectivity index (χ4v) is 4.88. The van der Waals surface area contributed by atoms with E-state index in [-0.39, 0.29) is 34.1 Å². The van der Waals surface area contributed by atoms with Crippen molar-refractivity contribution in [2.24, 2.45) is 5.92 Å². The highest BCUT2D eigenvalue weighted by Crippen LogP contribution is 2.31. The number of carbonyl (C=O) groups excluding carboxylic acids is 1. The summed E-state index contributed by atoms with van der Waals surface area (Å²) in [7, 11) is -2.66. The van der Waals surface area contributed by atoms with Crippen LogP contribution in [0.1, 0.15) is 26.7 Å². The van der Waals surface area contributed by atoms with E-state index in [0.717, 1.165) is 12.8 Å². The predicted octanol–water partition coefficient (Wildman–Crippen LogP) is 5.26. The van der Waals surface area contributed by atoms with Gasteiger partial charge in [0, 0.05) is 35.5 Å². The van der Waals surface area contributed by atoms with Gasteiger partial charge in [-0.1, -0.05) is 38.5 Å². The number of phenolic OH excluding ortho intramolecular Hbond substituents is 1. The molecule has 1 aromatic heterocycles. The lowest BCUT2D eigenvalue weighted by Crippen LogP contribution is -2.21. The highest BCUT2D eigenvalue weighted by molar-refractivity contribution is 7.92. The molecule has 1 heterocycles. The maximum absolute atomic E-state index is 13.4. The van der Waals surface area contributed by atoms with E-state index >= 15 is 0 Å². The molecule has 198 valence electrons. The first-order valence-electron chi connectivity index (χ1n) is 12.0. The van der Waals surface area contributed by atoms with E-state index in [4.69, 9.17) is 4.74 Å². The molecule has 0 aliphatic heterocycles. The third-order valence-corrected chi connectivity index (χ3v) is 7.11. The fraction of sp³-hybridized carbons (Fsp3) is 0.222. The average molecular weight is 536 g/mol. The first-order valence-corrected chi connectivity index (χ1v) is 13.5. The summed E-state index contributed by atoms with van der Waals surface area (Å²) in [5.41, 5.74) is 1.81. The molecule has 0 saturated heterocycles. The van der Waals surface area contributed by atoms with Gasteiger partial charge in [0.1, 0.15) is 11.5 Å². The maximum Gasteiger partial charge on any atom is 0.263 e. The lowest BCUT2D eigenvalue weighted by atomic mass is 10.1. The summed E-state index contributed by atoms with van der Waals surface area (Å²) in [6.45, 7) is 3.83. The maximum atomic E-state index is 13.4. The molecule has 10 nitrogen and oxygen atoms in total. The van der Waals surface area contributed by atoms with Crippen LogP contribution in [-0.4, -0.2) is 36.5 Å². The van der Waals surface area contributed by atoms with Gasteiger partial charge in [-0.25, -0.2) is 18.4 Å². The van der Waals surface area contributed by atoms with Crippen LogP contribution >= 0.6 is 0 Å².